The van der Waals surface area contributed by atoms with Gasteiger partial charge in [-0.25, -0.2) is 9.78 Å². The average Bonchev–Trinajstić information content (AvgIpc) is 3.37. The Labute approximate surface area is 219 Å². The van der Waals surface area contributed by atoms with Gasteiger partial charge in [0.25, 0.3) is 5.78 Å². The zero-order valence-corrected chi connectivity index (χ0v) is 22.1. The molecule has 1 fully saturated rings. The summed E-state index contributed by atoms with van der Waals surface area (Å²) in [6, 6.07) is 11.5. The standard InChI is InChI=1S/C28H28N2O6S/c1-6-35-20-13-12-19(14-16(20)4)23(31)21-22(18-10-8-15(3)9-11-18)30(26(33)24(21)32)28-29-17(5)25(37-28)27(34)36-7-2/h8-14,22,31H,6-7H2,1-5H3/b23-21-. The van der Waals surface area contributed by atoms with Crippen LogP contribution in [0.1, 0.15) is 57.5 Å². The number of carbonyl (C=O) groups is 3. The Morgan fingerprint density at radius 3 is 2.38 bits per heavy atom. The minimum atomic E-state index is -0.937. The number of esters is 1. The van der Waals surface area contributed by atoms with Crippen molar-refractivity contribution in [3.63, 3.8) is 0 Å². The fraction of sp³-hybridized carbons (Fsp3) is 0.286. The van der Waals surface area contributed by atoms with E-state index in [-0.39, 0.29) is 27.9 Å². The highest BCUT2D eigenvalue weighted by Gasteiger charge is 2.48. The van der Waals surface area contributed by atoms with Gasteiger partial charge in [0, 0.05) is 5.56 Å². The predicted octanol–water partition coefficient (Wildman–Crippen LogP) is 5.27. The summed E-state index contributed by atoms with van der Waals surface area (Å²) in [5.41, 5.74) is 3.13. The third-order valence-electron chi connectivity index (χ3n) is 6.04. The molecule has 0 aliphatic carbocycles. The lowest BCUT2D eigenvalue weighted by Gasteiger charge is -2.23. The Balaban J connectivity index is 1.89. The second-order valence-corrected chi connectivity index (χ2v) is 9.60. The third kappa shape index (κ3) is 4.86. The van der Waals surface area contributed by atoms with Gasteiger partial charge in [-0.2, -0.15) is 0 Å². The summed E-state index contributed by atoms with van der Waals surface area (Å²) < 4.78 is 10.7. The fourth-order valence-corrected chi connectivity index (χ4v) is 5.22. The number of hydrogen-bond donors (Lipinski definition) is 1. The molecule has 1 aliphatic heterocycles. The second kappa shape index (κ2) is 10.6. The first kappa shape index (κ1) is 26.1. The summed E-state index contributed by atoms with van der Waals surface area (Å²) in [6.45, 7) is 9.68. The number of hydrogen-bond acceptors (Lipinski definition) is 8. The third-order valence-corrected chi connectivity index (χ3v) is 7.17. The van der Waals surface area contributed by atoms with Crippen molar-refractivity contribution < 1.29 is 29.0 Å². The van der Waals surface area contributed by atoms with E-state index in [1.54, 1.807) is 32.0 Å². The first-order valence-corrected chi connectivity index (χ1v) is 12.7. The van der Waals surface area contributed by atoms with Crippen LogP contribution in [0, 0.1) is 20.8 Å². The molecular formula is C28H28N2O6S. The molecule has 0 radical (unpaired) electrons. The average molecular weight is 521 g/mol. The van der Waals surface area contributed by atoms with Crippen molar-refractivity contribution in [2.24, 2.45) is 0 Å². The van der Waals surface area contributed by atoms with Crippen LogP contribution >= 0.6 is 11.3 Å². The zero-order valence-electron chi connectivity index (χ0n) is 21.3. The molecule has 0 spiro atoms. The molecule has 1 unspecified atom stereocenters. The minimum absolute atomic E-state index is 0.0528. The molecule has 2 aromatic carbocycles. The van der Waals surface area contributed by atoms with Crippen molar-refractivity contribution in [2.75, 3.05) is 18.1 Å². The molecule has 37 heavy (non-hydrogen) atoms. The molecule has 2 heterocycles. The monoisotopic (exact) mass is 520 g/mol. The Hall–Kier alpha value is -3.98. The van der Waals surface area contributed by atoms with Crippen LogP contribution in [0.25, 0.3) is 5.76 Å². The van der Waals surface area contributed by atoms with Crippen LogP contribution in [0.15, 0.2) is 48.0 Å². The quantitative estimate of drug-likeness (QED) is 0.196. The minimum Gasteiger partial charge on any atom is -0.507 e. The van der Waals surface area contributed by atoms with Crippen molar-refractivity contribution >= 4 is 39.9 Å². The molecule has 0 saturated carbocycles. The maximum Gasteiger partial charge on any atom is 0.350 e. The highest BCUT2D eigenvalue weighted by atomic mass is 32.1. The molecule has 8 nitrogen and oxygen atoms in total. The number of rotatable bonds is 7. The van der Waals surface area contributed by atoms with Crippen molar-refractivity contribution in [3.8, 4) is 5.75 Å². The summed E-state index contributed by atoms with van der Waals surface area (Å²) in [4.78, 5) is 45.1. The van der Waals surface area contributed by atoms with E-state index in [0.717, 1.165) is 22.5 Å². The van der Waals surface area contributed by atoms with E-state index in [2.05, 4.69) is 4.98 Å². The normalized spacial score (nSPS) is 16.8. The van der Waals surface area contributed by atoms with Crippen molar-refractivity contribution in [1.29, 1.82) is 0 Å². The molecule has 1 N–H and O–H groups in total. The van der Waals surface area contributed by atoms with Crippen molar-refractivity contribution in [2.45, 2.75) is 40.7 Å². The summed E-state index contributed by atoms with van der Waals surface area (Å²) in [5, 5.41) is 11.5. The number of anilines is 1. The molecule has 1 amide bonds. The number of amides is 1. The van der Waals surface area contributed by atoms with E-state index in [1.165, 1.54) is 4.90 Å². The van der Waals surface area contributed by atoms with Crippen LogP contribution in [0.4, 0.5) is 5.13 Å². The lowest BCUT2D eigenvalue weighted by molar-refractivity contribution is -0.132. The number of ketones is 1. The zero-order chi connectivity index (χ0) is 26.9. The van der Waals surface area contributed by atoms with Gasteiger partial charge in [0.1, 0.15) is 16.4 Å². The molecule has 1 aliphatic rings. The number of aromatic nitrogens is 1. The van der Waals surface area contributed by atoms with Crippen LogP contribution in [0.3, 0.4) is 0 Å². The van der Waals surface area contributed by atoms with Gasteiger partial charge < -0.3 is 14.6 Å². The predicted molar refractivity (Wildman–Crippen MR) is 141 cm³/mol. The Morgan fingerprint density at radius 1 is 1.05 bits per heavy atom. The van der Waals surface area contributed by atoms with E-state index >= 15 is 0 Å². The van der Waals surface area contributed by atoms with E-state index in [4.69, 9.17) is 9.47 Å². The number of carbonyl (C=O) groups excluding carboxylic acids is 3. The van der Waals surface area contributed by atoms with Crippen molar-refractivity contribution in [3.05, 3.63) is 80.9 Å². The van der Waals surface area contributed by atoms with E-state index in [9.17, 15) is 19.5 Å². The lowest BCUT2D eigenvalue weighted by Crippen LogP contribution is -2.29. The molecule has 4 rings (SSSR count). The van der Waals surface area contributed by atoms with Crippen LogP contribution in [0.2, 0.25) is 0 Å². The van der Waals surface area contributed by atoms with E-state index in [0.29, 0.717) is 29.2 Å². The topological polar surface area (TPSA) is 106 Å². The Kier molecular flexibility index (Phi) is 7.45. The number of aliphatic hydroxyl groups excluding tert-OH is 1. The largest absolute Gasteiger partial charge is 0.507 e. The van der Waals surface area contributed by atoms with Crippen LogP contribution in [-0.2, 0) is 14.3 Å². The van der Waals surface area contributed by atoms with Crippen molar-refractivity contribution in [1.82, 2.24) is 4.98 Å². The van der Waals surface area contributed by atoms with E-state index < -0.39 is 23.7 Å². The van der Waals surface area contributed by atoms with Gasteiger partial charge in [-0.1, -0.05) is 41.2 Å². The van der Waals surface area contributed by atoms with Gasteiger partial charge in [-0.15, -0.1) is 0 Å². The van der Waals surface area contributed by atoms with Gasteiger partial charge in [-0.05, 0) is 63.9 Å². The molecule has 1 aromatic heterocycles. The van der Waals surface area contributed by atoms with Crippen LogP contribution in [0.5, 0.6) is 5.75 Å². The molecule has 1 saturated heterocycles. The Bertz CT molecular complexity index is 1410. The number of aryl methyl sites for hydroxylation is 3. The molecule has 0 bridgehead atoms. The highest BCUT2D eigenvalue weighted by molar-refractivity contribution is 7.17. The molecule has 9 heteroatoms. The number of ether oxygens (including phenoxy) is 2. The number of thiazole rings is 1. The summed E-state index contributed by atoms with van der Waals surface area (Å²) in [6.07, 6.45) is 0. The maximum atomic E-state index is 13.4. The number of aliphatic hydroxyl groups is 1. The highest BCUT2D eigenvalue weighted by Crippen LogP contribution is 2.44. The fourth-order valence-electron chi connectivity index (χ4n) is 4.23. The van der Waals surface area contributed by atoms with Gasteiger partial charge >= 0.3 is 11.9 Å². The molecular weight excluding hydrogens is 492 g/mol. The van der Waals surface area contributed by atoms with Gasteiger partial charge in [0.15, 0.2) is 5.13 Å². The molecule has 1 atom stereocenters. The number of nitrogens with zero attached hydrogens (tertiary/aromatic N) is 2. The summed E-state index contributed by atoms with van der Waals surface area (Å²) in [5.74, 6) is -1.84. The van der Waals surface area contributed by atoms with Crippen LogP contribution < -0.4 is 9.64 Å². The van der Waals surface area contributed by atoms with E-state index in [1.807, 2.05) is 45.0 Å². The SMILES string of the molecule is CCOC(=O)c1sc(N2C(=O)C(=O)/C(=C(\O)c3ccc(OCC)c(C)c3)C2c2ccc(C)cc2)nc1C. The maximum absolute atomic E-state index is 13.4. The lowest BCUT2D eigenvalue weighted by atomic mass is 9.94. The number of Topliss-reactive ketones (excluding diaryl/α,β-unsaturated/α-hetero) is 1. The summed E-state index contributed by atoms with van der Waals surface area (Å²) >= 11 is 0.978. The smallest absolute Gasteiger partial charge is 0.350 e. The first-order valence-electron chi connectivity index (χ1n) is 11.9. The summed E-state index contributed by atoms with van der Waals surface area (Å²) in [7, 11) is 0. The van der Waals surface area contributed by atoms with Gasteiger partial charge in [-0.3, -0.25) is 14.5 Å². The Morgan fingerprint density at radius 2 is 1.76 bits per heavy atom. The van der Waals surface area contributed by atoms with Crippen LogP contribution in [-0.4, -0.2) is 41.0 Å². The number of benzene rings is 2. The van der Waals surface area contributed by atoms with Gasteiger partial charge in [0.2, 0.25) is 0 Å². The first-order chi connectivity index (χ1) is 17.7. The molecule has 192 valence electrons. The van der Waals surface area contributed by atoms with Gasteiger partial charge in [0.05, 0.1) is 30.5 Å². The molecule has 3 aromatic rings. The second-order valence-electron chi connectivity index (χ2n) is 8.62.